The van der Waals surface area contributed by atoms with Crippen LogP contribution in [0.3, 0.4) is 0 Å². The molecule has 0 fully saturated rings. The third-order valence-electron chi connectivity index (χ3n) is 1.46. The molecule has 0 aliphatic carbocycles. The summed E-state index contributed by atoms with van der Waals surface area (Å²) in [5, 5.41) is 2.54. The second-order valence-electron chi connectivity index (χ2n) is 2.72. The summed E-state index contributed by atoms with van der Waals surface area (Å²) in [7, 11) is 0. The van der Waals surface area contributed by atoms with E-state index in [0.29, 0.717) is 0 Å². The van der Waals surface area contributed by atoms with E-state index in [4.69, 9.17) is 0 Å². The molecule has 1 atom stereocenters. The average Bonchev–Trinajstić information content (AvgIpc) is 2.11. The molecule has 0 aliphatic heterocycles. The number of hydrogen-bond donors (Lipinski definition) is 1. The van der Waals surface area contributed by atoms with Gasteiger partial charge in [0, 0.05) is 6.54 Å². The number of esters is 1. The van der Waals surface area contributed by atoms with Crippen molar-refractivity contribution in [3.8, 4) is 0 Å². The molecule has 90 valence electrons. The van der Waals surface area contributed by atoms with E-state index < -0.39 is 25.0 Å². The number of carbonyl (C=O) groups excluding carboxylic acids is 1. The first-order valence-electron chi connectivity index (χ1n) is 4.47. The lowest BCUT2D eigenvalue weighted by atomic mass is 10.3. The molecule has 0 rings (SSSR count). The molecule has 0 aromatic heterocycles. The van der Waals surface area contributed by atoms with Gasteiger partial charge in [-0.3, -0.25) is 9.53 Å². The fourth-order valence-electron chi connectivity index (χ4n) is 0.793. The molecule has 1 N–H and O–H groups in total. The van der Waals surface area contributed by atoms with Gasteiger partial charge in [-0.1, -0.05) is 0 Å². The highest BCUT2D eigenvalue weighted by Crippen LogP contribution is 2.15. The van der Waals surface area contributed by atoms with E-state index in [1.54, 1.807) is 6.92 Å². The first kappa shape index (κ1) is 14.2. The van der Waals surface area contributed by atoms with Gasteiger partial charge < -0.3 is 10.1 Å². The Bertz CT molecular complexity index is 196. The van der Waals surface area contributed by atoms with Gasteiger partial charge in [0.25, 0.3) is 0 Å². The molecule has 15 heavy (non-hydrogen) atoms. The maximum Gasteiger partial charge on any atom is 0.522 e. The molecule has 7 heteroatoms. The maximum atomic E-state index is 11.5. The SMILES string of the molecule is CCOC(=O)C(C)NCCOC(F)(F)F. The van der Waals surface area contributed by atoms with E-state index in [1.807, 2.05) is 0 Å². The fourth-order valence-corrected chi connectivity index (χ4v) is 0.793. The van der Waals surface area contributed by atoms with E-state index in [0.717, 1.165) is 0 Å². The first-order chi connectivity index (χ1) is 6.87. The van der Waals surface area contributed by atoms with Crippen LogP contribution in [0.1, 0.15) is 13.8 Å². The standard InChI is InChI=1S/C8H14F3NO3/c1-3-14-7(13)6(2)12-4-5-15-8(9,10)11/h6,12H,3-5H2,1-2H3. The fraction of sp³-hybridized carbons (Fsp3) is 0.875. The number of nitrogens with one attached hydrogen (secondary N) is 1. The van der Waals surface area contributed by atoms with Gasteiger partial charge in [0.1, 0.15) is 6.04 Å². The second-order valence-corrected chi connectivity index (χ2v) is 2.72. The Hall–Kier alpha value is -0.820. The Morgan fingerprint density at radius 2 is 2.07 bits per heavy atom. The molecule has 0 saturated carbocycles. The number of hydrogen-bond acceptors (Lipinski definition) is 4. The minimum Gasteiger partial charge on any atom is -0.465 e. The van der Waals surface area contributed by atoms with Crippen LogP contribution in [0.4, 0.5) is 13.2 Å². The normalized spacial score (nSPS) is 13.7. The van der Waals surface area contributed by atoms with Crippen molar-refractivity contribution in [1.82, 2.24) is 5.32 Å². The van der Waals surface area contributed by atoms with Gasteiger partial charge in [-0.25, -0.2) is 0 Å². The van der Waals surface area contributed by atoms with Crippen molar-refractivity contribution < 1.29 is 27.4 Å². The zero-order valence-electron chi connectivity index (χ0n) is 8.56. The van der Waals surface area contributed by atoms with Crippen molar-refractivity contribution in [3.05, 3.63) is 0 Å². The van der Waals surface area contributed by atoms with Crippen LogP contribution in [0.25, 0.3) is 0 Å². The zero-order valence-corrected chi connectivity index (χ0v) is 8.56. The molecule has 0 aromatic rings. The minimum atomic E-state index is -4.63. The summed E-state index contributed by atoms with van der Waals surface area (Å²) in [5.41, 5.74) is 0. The average molecular weight is 229 g/mol. The highest BCUT2D eigenvalue weighted by atomic mass is 19.4. The molecule has 0 bridgehead atoms. The van der Waals surface area contributed by atoms with E-state index >= 15 is 0 Å². The number of rotatable bonds is 6. The summed E-state index contributed by atoms with van der Waals surface area (Å²) in [6.07, 6.45) is -4.63. The highest BCUT2D eigenvalue weighted by Gasteiger charge is 2.28. The van der Waals surface area contributed by atoms with Crippen LogP contribution in [-0.2, 0) is 14.3 Å². The third kappa shape index (κ3) is 8.19. The summed E-state index contributed by atoms with van der Waals surface area (Å²) in [4.78, 5) is 11.0. The summed E-state index contributed by atoms with van der Waals surface area (Å²) in [6.45, 7) is 2.79. The largest absolute Gasteiger partial charge is 0.522 e. The zero-order chi connectivity index (χ0) is 11.9. The number of carbonyl (C=O) groups is 1. The van der Waals surface area contributed by atoms with E-state index in [2.05, 4.69) is 14.8 Å². The Kier molecular flexibility index (Phi) is 6.26. The lowest BCUT2D eigenvalue weighted by Gasteiger charge is -2.13. The molecule has 0 spiro atoms. The molecule has 0 radical (unpaired) electrons. The van der Waals surface area contributed by atoms with Gasteiger partial charge >= 0.3 is 12.3 Å². The van der Waals surface area contributed by atoms with Crippen molar-refractivity contribution in [3.63, 3.8) is 0 Å². The van der Waals surface area contributed by atoms with Crippen LogP contribution in [0.2, 0.25) is 0 Å². The number of alkyl halides is 3. The smallest absolute Gasteiger partial charge is 0.465 e. The molecule has 1 unspecified atom stereocenters. The molecule has 0 amide bonds. The number of ether oxygens (including phenoxy) is 2. The van der Waals surface area contributed by atoms with E-state index in [-0.39, 0.29) is 13.2 Å². The van der Waals surface area contributed by atoms with Crippen molar-refractivity contribution in [2.45, 2.75) is 26.3 Å². The summed E-state index contributed by atoms with van der Waals surface area (Å²) in [5.74, 6) is -0.496. The first-order valence-corrected chi connectivity index (χ1v) is 4.47. The Morgan fingerprint density at radius 3 is 2.53 bits per heavy atom. The van der Waals surface area contributed by atoms with Gasteiger partial charge in [-0.2, -0.15) is 0 Å². The van der Waals surface area contributed by atoms with Gasteiger partial charge in [0.05, 0.1) is 13.2 Å². The summed E-state index contributed by atoms with van der Waals surface area (Å²) in [6, 6.07) is -0.637. The second kappa shape index (κ2) is 6.62. The Labute approximate surface area is 85.7 Å². The van der Waals surface area contributed by atoms with Crippen LogP contribution >= 0.6 is 0 Å². The minimum absolute atomic E-state index is 0.0699. The van der Waals surface area contributed by atoms with Gasteiger partial charge in [0.15, 0.2) is 0 Å². The van der Waals surface area contributed by atoms with Gasteiger partial charge in [-0.15, -0.1) is 13.2 Å². The van der Waals surface area contributed by atoms with Crippen LogP contribution in [-0.4, -0.2) is 38.1 Å². The lowest BCUT2D eigenvalue weighted by Crippen LogP contribution is -2.38. The monoisotopic (exact) mass is 229 g/mol. The molecule has 4 nitrogen and oxygen atoms in total. The summed E-state index contributed by atoms with van der Waals surface area (Å²) >= 11 is 0. The van der Waals surface area contributed by atoms with Gasteiger partial charge in [-0.05, 0) is 13.8 Å². The van der Waals surface area contributed by atoms with E-state index in [1.165, 1.54) is 6.92 Å². The van der Waals surface area contributed by atoms with Crippen LogP contribution in [0.5, 0.6) is 0 Å². The maximum absolute atomic E-state index is 11.5. The molecule has 0 aromatic carbocycles. The van der Waals surface area contributed by atoms with Crippen molar-refractivity contribution in [2.75, 3.05) is 19.8 Å². The Balaban J connectivity index is 3.55. The van der Waals surface area contributed by atoms with Gasteiger partial charge in [0.2, 0.25) is 0 Å². The molecule has 0 heterocycles. The van der Waals surface area contributed by atoms with Crippen LogP contribution in [0, 0.1) is 0 Å². The Morgan fingerprint density at radius 1 is 1.47 bits per heavy atom. The topological polar surface area (TPSA) is 47.6 Å². The van der Waals surface area contributed by atoms with Crippen LogP contribution < -0.4 is 5.32 Å². The van der Waals surface area contributed by atoms with Crippen LogP contribution in [0.15, 0.2) is 0 Å². The quantitative estimate of drug-likeness (QED) is 0.546. The molecular weight excluding hydrogens is 215 g/mol. The van der Waals surface area contributed by atoms with E-state index in [9.17, 15) is 18.0 Å². The van der Waals surface area contributed by atoms with Crippen molar-refractivity contribution in [2.24, 2.45) is 0 Å². The predicted octanol–water partition coefficient (Wildman–Crippen LogP) is 1.06. The molecule has 0 aliphatic rings. The molecular formula is C8H14F3NO3. The molecule has 0 saturated heterocycles. The summed E-state index contributed by atoms with van der Waals surface area (Å²) < 4.78 is 42.7. The lowest BCUT2D eigenvalue weighted by molar-refractivity contribution is -0.323. The third-order valence-corrected chi connectivity index (χ3v) is 1.46. The van der Waals surface area contributed by atoms with Crippen molar-refractivity contribution in [1.29, 1.82) is 0 Å². The predicted molar refractivity (Wildman–Crippen MR) is 46.1 cm³/mol. The van der Waals surface area contributed by atoms with Crippen molar-refractivity contribution >= 4 is 5.97 Å². The highest BCUT2D eigenvalue weighted by molar-refractivity contribution is 5.75. The number of halogens is 3.